The van der Waals surface area contributed by atoms with E-state index in [1.165, 1.54) is 6.26 Å². The van der Waals surface area contributed by atoms with Crippen molar-refractivity contribution in [1.29, 1.82) is 0 Å². The lowest BCUT2D eigenvalue weighted by Crippen LogP contribution is -2.19. The van der Waals surface area contributed by atoms with E-state index < -0.39 is 15.9 Å². The second-order valence-electron chi connectivity index (χ2n) is 11.4. The Morgan fingerprint density at radius 2 is 1.82 bits per heavy atom. The molecule has 214 valence electrons. The Balaban J connectivity index is 1.23. The molecule has 11 heteroatoms. The van der Waals surface area contributed by atoms with Gasteiger partial charge in [0.2, 0.25) is 0 Å². The number of hydrogen-bond acceptors (Lipinski definition) is 8. The van der Waals surface area contributed by atoms with Crippen molar-refractivity contribution in [3.8, 4) is 5.75 Å². The molecule has 1 aliphatic carbocycles. The number of sulfone groups is 1. The van der Waals surface area contributed by atoms with E-state index in [0.717, 1.165) is 24.8 Å². The van der Waals surface area contributed by atoms with E-state index in [-0.39, 0.29) is 29.5 Å². The third kappa shape index (κ3) is 8.64. The molecule has 2 aromatic heterocycles. The van der Waals surface area contributed by atoms with Gasteiger partial charge in [-0.05, 0) is 61.4 Å². The van der Waals surface area contributed by atoms with Crippen LogP contribution in [0.25, 0.3) is 0 Å². The molecule has 3 aromatic rings. The summed E-state index contributed by atoms with van der Waals surface area (Å²) in [5.41, 5.74) is 1.48. The van der Waals surface area contributed by atoms with Crippen molar-refractivity contribution in [2.45, 2.75) is 64.4 Å². The van der Waals surface area contributed by atoms with Gasteiger partial charge in [0.05, 0.1) is 18.1 Å². The zero-order valence-corrected chi connectivity index (χ0v) is 24.1. The highest BCUT2D eigenvalue weighted by Crippen LogP contribution is 2.31. The van der Waals surface area contributed by atoms with Gasteiger partial charge in [-0.3, -0.25) is 10.1 Å². The van der Waals surface area contributed by atoms with Gasteiger partial charge in [0.25, 0.3) is 0 Å². The SMILES string of the molecule is CC(C)(C)c1cc(NC(=O)Nc2ccc(CC(=O)c3ccc(OC4CCC(CCS(C)(=O)=O)C4)cn3)cc2)no1. The first kappa shape index (κ1) is 29.3. The van der Waals surface area contributed by atoms with Crippen LogP contribution in [0.1, 0.15) is 68.3 Å². The number of carbonyl (C=O) groups is 2. The summed E-state index contributed by atoms with van der Waals surface area (Å²) in [6.07, 6.45) is 6.32. The summed E-state index contributed by atoms with van der Waals surface area (Å²) < 4.78 is 34.1. The number of carbonyl (C=O) groups excluding carboxylic acids is 2. The molecule has 0 radical (unpaired) electrons. The van der Waals surface area contributed by atoms with Gasteiger partial charge in [0, 0.05) is 29.8 Å². The Labute approximate surface area is 234 Å². The van der Waals surface area contributed by atoms with Crippen LogP contribution in [0.15, 0.2) is 53.2 Å². The molecule has 1 aliphatic rings. The minimum Gasteiger partial charge on any atom is -0.489 e. The molecule has 10 nitrogen and oxygen atoms in total. The highest BCUT2D eigenvalue weighted by Gasteiger charge is 2.27. The minimum atomic E-state index is -2.95. The summed E-state index contributed by atoms with van der Waals surface area (Å²) in [5, 5.41) is 9.25. The highest BCUT2D eigenvalue weighted by molar-refractivity contribution is 7.90. The summed E-state index contributed by atoms with van der Waals surface area (Å²) in [5.74, 6) is 2.01. The summed E-state index contributed by atoms with van der Waals surface area (Å²) in [7, 11) is -2.95. The maximum Gasteiger partial charge on any atom is 0.324 e. The monoisotopic (exact) mass is 568 g/mol. The van der Waals surface area contributed by atoms with Gasteiger partial charge in [-0.25, -0.2) is 18.2 Å². The second kappa shape index (κ2) is 12.2. The van der Waals surface area contributed by atoms with Gasteiger partial charge in [0.1, 0.15) is 27.0 Å². The molecule has 4 rings (SSSR count). The van der Waals surface area contributed by atoms with Crippen LogP contribution < -0.4 is 15.4 Å². The predicted molar refractivity (Wildman–Crippen MR) is 153 cm³/mol. The maximum atomic E-state index is 12.8. The number of nitrogens with zero attached hydrogens (tertiary/aromatic N) is 2. The first-order chi connectivity index (χ1) is 18.8. The van der Waals surface area contributed by atoms with Gasteiger partial charge < -0.3 is 14.6 Å². The molecule has 2 N–H and O–H groups in total. The third-order valence-electron chi connectivity index (χ3n) is 6.78. The Morgan fingerprint density at radius 3 is 2.45 bits per heavy atom. The Hall–Kier alpha value is -3.73. The molecule has 0 spiro atoms. The van der Waals surface area contributed by atoms with Crippen LogP contribution in [0.4, 0.5) is 16.3 Å². The summed E-state index contributed by atoms with van der Waals surface area (Å²) in [6.45, 7) is 5.97. The fourth-order valence-corrected chi connectivity index (χ4v) is 5.30. The molecule has 2 atom stereocenters. The molecule has 40 heavy (non-hydrogen) atoms. The van der Waals surface area contributed by atoms with E-state index in [4.69, 9.17) is 9.26 Å². The van der Waals surface area contributed by atoms with E-state index in [0.29, 0.717) is 41.0 Å². The van der Waals surface area contributed by atoms with E-state index >= 15 is 0 Å². The van der Waals surface area contributed by atoms with Gasteiger partial charge in [-0.2, -0.15) is 0 Å². The number of hydrogen-bond donors (Lipinski definition) is 2. The number of ketones is 1. The van der Waals surface area contributed by atoms with E-state index in [1.807, 2.05) is 20.8 Å². The van der Waals surface area contributed by atoms with Crippen molar-refractivity contribution in [2.75, 3.05) is 22.6 Å². The predicted octanol–water partition coefficient (Wildman–Crippen LogP) is 5.42. The average Bonchev–Trinajstić information content (AvgIpc) is 3.53. The number of Topliss-reactive ketones (excluding diaryl/α,β-unsaturated/α-hetero) is 1. The molecule has 1 fully saturated rings. The maximum absolute atomic E-state index is 12.8. The number of ether oxygens (including phenoxy) is 1. The van der Waals surface area contributed by atoms with E-state index in [9.17, 15) is 18.0 Å². The van der Waals surface area contributed by atoms with Crippen LogP contribution in [0, 0.1) is 5.92 Å². The molecule has 0 saturated heterocycles. The number of anilines is 2. The van der Waals surface area contributed by atoms with Crippen LogP contribution in [0.5, 0.6) is 5.75 Å². The van der Waals surface area contributed by atoms with Crippen LogP contribution in [-0.2, 0) is 21.7 Å². The zero-order chi connectivity index (χ0) is 28.9. The zero-order valence-electron chi connectivity index (χ0n) is 23.3. The van der Waals surface area contributed by atoms with Crippen molar-refractivity contribution < 1.29 is 27.3 Å². The minimum absolute atomic E-state index is 0.0269. The molecule has 1 aromatic carbocycles. The lowest BCUT2D eigenvalue weighted by Gasteiger charge is -2.14. The first-order valence-electron chi connectivity index (χ1n) is 13.3. The summed E-state index contributed by atoms with van der Waals surface area (Å²) in [4.78, 5) is 29.3. The van der Waals surface area contributed by atoms with E-state index in [1.54, 1.807) is 48.7 Å². The normalized spacial score (nSPS) is 17.4. The van der Waals surface area contributed by atoms with Crippen LogP contribution in [0.3, 0.4) is 0 Å². The summed E-state index contributed by atoms with van der Waals surface area (Å²) in [6, 6.07) is 11.6. The Morgan fingerprint density at radius 1 is 1.07 bits per heavy atom. The molecule has 1 saturated carbocycles. The number of amides is 2. The fraction of sp³-hybridized carbons (Fsp3) is 0.448. The lowest BCUT2D eigenvalue weighted by atomic mass is 9.93. The number of urea groups is 1. The number of aromatic nitrogens is 2. The van der Waals surface area contributed by atoms with E-state index in [2.05, 4.69) is 20.8 Å². The van der Waals surface area contributed by atoms with Crippen LogP contribution in [0.2, 0.25) is 0 Å². The van der Waals surface area contributed by atoms with Crippen molar-refractivity contribution >= 4 is 33.2 Å². The quantitative estimate of drug-likeness (QED) is 0.309. The number of benzene rings is 1. The molecule has 0 aliphatic heterocycles. The number of rotatable bonds is 10. The Bertz CT molecular complexity index is 1430. The van der Waals surface area contributed by atoms with Crippen molar-refractivity contribution in [1.82, 2.24) is 10.1 Å². The van der Waals surface area contributed by atoms with Crippen LogP contribution in [-0.4, -0.2) is 48.5 Å². The average molecular weight is 569 g/mol. The second-order valence-corrected chi connectivity index (χ2v) is 13.7. The molecule has 2 amide bonds. The number of pyridine rings is 1. The van der Waals surface area contributed by atoms with Gasteiger partial charge in [-0.15, -0.1) is 0 Å². The van der Waals surface area contributed by atoms with Gasteiger partial charge in [-0.1, -0.05) is 38.1 Å². The smallest absolute Gasteiger partial charge is 0.324 e. The topological polar surface area (TPSA) is 140 Å². The molecule has 2 heterocycles. The third-order valence-corrected chi connectivity index (χ3v) is 7.76. The summed E-state index contributed by atoms with van der Waals surface area (Å²) >= 11 is 0. The molecule has 2 unspecified atom stereocenters. The standard InChI is InChI=1S/C29H36N4O6S/c1-29(2,3)26-17-27(33-39-26)32-28(35)31-21-8-5-19(6-9-21)16-25(34)24-12-11-23(18-30-24)38-22-10-7-20(15-22)13-14-40(4,36)37/h5-6,8-9,11-12,17-18,20,22H,7,10,13-16H2,1-4H3,(H2,31,32,33,35). The molecular formula is C29H36N4O6S. The first-order valence-corrected chi connectivity index (χ1v) is 15.4. The Kier molecular flexibility index (Phi) is 8.92. The highest BCUT2D eigenvalue weighted by atomic mass is 32.2. The lowest BCUT2D eigenvalue weighted by molar-refractivity contribution is 0.0988. The van der Waals surface area contributed by atoms with Gasteiger partial charge in [0.15, 0.2) is 11.6 Å². The van der Waals surface area contributed by atoms with Crippen molar-refractivity contribution in [3.05, 3.63) is 65.7 Å². The number of nitrogens with one attached hydrogen (secondary N) is 2. The molecular weight excluding hydrogens is 532 g/mol. The van der Waals surface area contributed by atoms with Crippen molar-refractivity contribution in [3.63, 3.8) is 0 Å². The van der Waals surface area contributed by atoms with Crippen molar-refractivity contribution in [2.24, 2.45) is 5.92 Å². The van der Waals surface area contributed by atoms with Gasteiger partial charge >= 0.3 is 6.03 Å². The fourth-order valence-electron chi connectivity index (χ4n) is 4.53. The largest absolute Gasteiger partial charge is 0.489 e. The van der Waals surface area contributed by atoms with Crippen LogP contribution >= 0.6 is 0 Å². The molecule has 0 bridgehead atoms.